The number of benzene rings is 1. The van der Waals surface area contributed by atoms with E-state index in [9.17, 15) is 9.59 Å². The Hall–Kier alpha value is -3.39. The lowest BCUT2D eigenvalue weighted by atomic mass is 10.2. The summed E-state index contributed by atoms with van der Waals surface area (Å²) in [6, 6.07) is 12.9. The number of aryl methyl sites for hydroxylation is 2. The molecule has 0 unspecified atom stereocenters. The molecule has 1 aromatic carbocycles. The standard InChI is InChI=1S/C24H25ClN4O4/c1-15-12-16(2)29(27-15)21-11-10-20(25)23(26-21)24(31)33-14-22(30)28(18-6-7-18)13-17-4-8-19(32-3)9-5-17/h4-5,8-12,18H,6-7,13-14H2,1-3H3. The molecule has 0 N–H and O–H groups in total. The van der Waals surface area contributed by atoms with Crippen LogP contribution in [0, 0.1) is 13.8 Å². The fourth-order valence-corrected chi connectivity index (χ4v) is 3.75. The molecular formula is C24H25ClN4O4. The summed E-state index contributed by atoms with van der Waals surface area (Å²) in [7, 11) is 1.61. The summed E-state index contributed by atoms with van der Waals surface area (Å²) in [5.74, 6) is 0.191. The van der Waals surface area contributed by atoms with E-state index >= 15 is 0 Å². The highest BCUT2D eigenvalue weighted by molar-refractivity contribution is 6.33. The summed E-state index contributed by atoms with van der Waals surface area (Å²) in [5, 5.41) is 4.52. The monoisotopic (exact) mass is 468 g/mol. The third-order valence-electron chi connectivity index (χ3n) is 5.40. The van der Waals surface area contributed by atoms with Crippen LogP contribution >= 0.6 is 11.6 Å². The number of ether oxygens (including phenoxy) is 2. The molecular weight excluding hydrogens is 444 g/mol. The largest absolute Gasteiger partial charge is 0.497 e. The lowest BCUT2D eigenvalue weighted by molar-refractivity contribution is -0.135. The van der Waals surface area contributed by atoms with Crippen molar-refractivity contribution in [2.45, 2.75) is 39.3 Å². The van der Waals surface area contributed by atoms with E-state index in [1.807, 2.05) is 44.2 Å². The Morgan fingerprint density at radius 2 is 1.88 bits per heavy atom. The van der Waals surface area contributed by atoms with Gasteiger partial charge in [-0.25, -0.2) is 14.5 Å². The summed E-state index contributed by atoms with van der Waals surface area (Å²) in [6.45, 7) is 3.82. The van der Waals surface area contributed by atoms with E-state index in [-0.39, 0.29) is 29.3 Å². The van der Waals surface area contributed by atoms with Crippen LogP contribution in [0.1, 0.15) is 40.3 Å². The molecule has 33 heavy (non-hydrogen) atoms. The average Bonchev–Trinajstić information content (AvgIpc) is 3.59. The molecule has 1 aliphatic rings. The van der Waals surface area contributed by atoms with Crippen molar-refractivity contribution >= 4 is 23.5 Å². The molecule has 0 spiro atoms. The Labute approximate surface area is 197 Å². The maximum atomic E-state index is 12.9. The summed E-state index contributed by atoms with van der Waals surface area (Å²) in [4.78, 5) is 31.6. The first-order chi connectivity index (χ1) is 15.9. The number of hydrogen-bond donors (Lipinski definition) is 0. The second-order valence-electron chi connectivity index (χ2n) is 8.02. The molecule has 1 amide bonds. The Balaban J connectivity index is 1.43. The van der Waals surface area contributed by atoms with Crippen LogP contribution in [-0.4, -0.2) is 51.3 Å². The van der Waals surface area contributed by atoms with Crippen molar-refractivity contribution in [3.8, 4) is 11.6 Å². The van der Waals surface area contributed by atoms with Gasteiger partial charge in [-0.15, -0.1) is 0 Å². The molecule has 3 aromatic rings. The van der Waals surface area contributed by atoms with Crippen LogP contribution in [-0.2, 0) is 16.1 Å². The van der Waals surface area contributed by atoms with Gasteiger partial charge < -0.3 is 14.4 Å². The first kappa shape index (κ1) is 22.8. The van der Waals surface area contributed by atoms with E-state index in [1.54, 1.807) is 28.8 Å². The van der Waals surface area contributed by atoms with E-state index in [0.717, 1.165) is 35.5 Å². The predicted octanol–water partition coefficient (Wildman–Crippen LogP) is 3.89. The number of aromatic nitrogens is 3. The van der Waals surface area contributed by atoms with Crippen molar-refractivity contribution in [1.82, 2.24) is 19.7 Å². The van der Waals surface area contributed by atoms with Crippen LogP contribution < -0.4 is 4.74 Å². The van der Waals surface area contributed by atoms with Gasteiger partial charge in [0, 0.05) is 18.3 Å². The number of carbonyl (C=O) groups is 2. The van der Waals surface area contributed by atoms with Crippen molar-refractivity contribution in [2.75, 3.05) is 13.7 Å². The predicted molar refractivity (Wildman–Crippen MR) is 123 cm³/mol. The second kappa shape index (κ2) is 9.62. The lowest BCUT2D eigenvalue weighted by Crippen LogP contribution is -2.36. The molecule has 1 saturated carbocycles. The summed E-state index contributed by atoms with van der Waals surface area (Å²) in [5.41, 5.74) is 2.62. The number of amides is 1. The van der Waals surface area contributed by atoms with Crippen molar-refractivity contribution in [3.63, 3.8) is 0 Å². The maximum absolute atomic E-state index is 12.9. The Morgan fingerprint density at radius 3 is 2.48 bits per heavy atom. The zero-order valence-corrected chi connectivity index (χ0v) is 19.5. The van der Waals surface area contributed by atoms with Gasteiger partial charge in [0.15, 0.2) is 18.1 Å². The first-order valence-electron chi connectivity index (χ1n) is 10.7. The highest BCUT2D eigenvalue weighted by Gasteiger charge is 2.33. The van der Waals surface area contributed by atoms with Gasteiger partial charge in [0.25, 0.3) is 5.91 Å². The third-order valence-corrected chi connectivity index (χ3v) is 5.70. The van der Waals surface area contributed by atoms with Crippen molar-refractivity contribution < 1.29 is 19.1 Å². The number of rotatable bonds is 8. The number of halogens is 1. The van der Waals surface area contributed by atoms with E-state index in [1.165, 1.54) is 0 Å². The fourth-order valence-electron chi connectivity index (χ4n) is 3.57. The molecule has 2 heterocycles. The number of nitrogens with zero attached hydrogens (tertiary/aromatic N) is 4. The smallest absolute Gasteiger partial charge is 0.359 e. The van der Waals surface area contributed by atoms with Crippen molar-refractivity contribution in [1.29, 1.82) is 0 Å². The summed E-state index contributed by atoms with van der Waals surface area (Å²) < 4.78 is 12.1. The molecule has 0 radical (unpaired) electrons. The molecule has 2 aromatic heterocycles. The Kier molecular flexibility index (Phi) is 6.65. The van der Waals surface area contributed by atoms with Gasteiger partial charge in [-0.05, 0) is 62.6 Å². The summed E-state index contributed by atoms with van der Waals surface area (Å²) in [6.07, 6.45) is 1.88. The van der Waals surface area contributed by atoms with Gasteiger partial charge in [0.1, 0.15) is 5.75 Å². The van der Waals surface area contributed by atoms with Crippen LogP contribution in [0.2, 0.25) is 5.02 Å². The topological polar surface area (TPSA) is 86.5 Å². The highest BCUT2D eigenvalue weighted by Crippen LogP contribution is 2.29. The Bertz CT molecular complexity index is 1170. The minimum atomic E-state index is -0.753. The van der Waals surface area contributed by atoms with Gasteiger partial charge in [-0.3, -0.25) is 4.79 Å². The van der Waals surface area contributed by atoms with Gasteiger partial charge in [0.2, 0.25) is 0 Å². The van der Waals surface area contributed by atoms with E-state index in [2.05, 4.69) is 10.1 Å². The van der Waals surface area contributed by atoms with Crippen LogP contribution in [0.15, 0.2) is 42.5 Å². The van der Waals surface area contributed by atoms with E-state index < -0.39 is 5.97 Å². The highest BCUT2D eigenvalue weighted by atomic mass is 35.5. The zero-order valence-electron chi connectivity index (χ0n) is 18.7. The molecule has 0 atom stereocenters. The number of methoxy groups -OCH3 is 1. The van der Waals surface area contributed by atoms with Gasteiger partial charge in [0.05, 0.1) is 17.8 Å². The normalized spacial score (nSPS) is 13.0. The minimum Gasteiger partial charge on any atom is -0.497 e. The number of esters is 1. The Morgan fingerprint density at radius 1 is 1.15 bits per heavy atom. The molecule has 8 nitrogen and oxygen atoms in total. The molecule has 9 heteroatoms. The molecule has 0 bridgehead atoms. The van der Waals surface area contributed by atoms with Crippen LogP contribution in [0.25, 0.3) is 5.82 Å². The molecule has 4 rings (SSSR count). The zero-order chi connectivity index (χ0) is 23.5. The third kappa shape index (κ3) is 5.34. The van der Waals surface area contributed by atoms with Crippen molar-refractivity contribution in [3.05, 3.63) is 70.1 Å². The number of hydrogen-bond acceptors (Lipinski definition) is 6. The average molecular weight is 469 g/mol. The summed E-state index contributed by atoms with van der Waals surface area (Å²) >= 11 is 6.20. The number of carbonyl (C=O) groups excluding carboxylic acids is 2. The van der Waals surface area contributed by atoms with Gasteiger partial charge in [-0.1, -0.05) is 23.7 Å². The lowest BCUT2D eigenvalue weighted by Gasteiger charge is -2.22. The quantitative estimate of drug-likeness (QED) is 0.466. The molecule has 0 aliphatic heterocycles. The SMILES string of the molecule is COc1ccc(CN(C(=O)COC(=O)c2nc(-n3nc(C)cc3C)ccc2Cl)C2CC2)cc1. The van der Waals surface area contributed by atoms with Crippen LogP contribution in [0.3, 0.4) is 0 Å². The van der Waals surface area contributed by atoms with Crippen LogP contribution in [0.5, 0.6) is 5.75 Å². The number of pyridine rings is 1. The first-order valence-corrected chi connectivity index (χ1v) is 11.0. The van der Waals surface area contributed by atoms with Crippen molar-refractivity contribution in [2.24, 2.45) is 0 Å². The van der Waals surface area contributed by atoms with E-state index in [0.29, 0.717) is 12.4 Å². The van der Waals surface area contributed by atoms with Gasteiger partial charge in [-0.2, -0.15) is 5.10 Å². The molecule has 1 aliphatic carbocycles. The van der Waals surface area contributed by atoms with Crippen LogP contribution in [0.4, 0.5) is 0 Å². The van der Waals surface area contributed by atoms with E-state index in [4.69, 9.17) is 21.1 Å². The molecule has 172 valence electrons. The maximum Gasteiger partial charge on any atom is 0.359 e. The molecule has 0 saturated heterocycles. The minimum absolute atomic E-state index is 0.0531. The molecule has 1 fully saturated rings. The fraction of sp³-hybridized carbons (Fsp3) is 0.333. The van der Waals surface area contributed by atoms with Gasteiger partial charge >= 0.3 is 5.97 Å². The second-order valence-corrected chi connectivity index (χ2v) is 8.42.